The highest BCUT2D eigenvalue weighted by atomic mass is 19.3. The number of rotatable bonds is 3. The average molecular weight is 205 g/mol. The van der Waals surface area contributed by atoms with E-state index in [4.69, 9.17) is 0 Å². The molecule has 0 aromatic heterocycles. The van der Waals surface area contributed by atoms with Crippen molar-refractivity contribution in [2.24, 2.45) is 5.92 Å². The SMILES string of the molecule is CC(=O)C(C)N1CCC(C(F)F)CC1. The molecule has 1 heterocycles. The first-order chi connectivity index (χ1) is 6.52. The number of carbonyl (C=O) groups excluding carboxylic acids is 1. The zero-order valence-electron chi connectivity index (χ0n) is 8.67. The molecule has 1 aliphatic rings. The molecule has 0 N–H and O–H groups in total. The summed E-state index contributed by atoms with van der Waals surface area (Å²) in [7, 11) is 0. The first kappa shape index (κ1) is 11.6. The largest absolute Gasteiger partial charge is 0.298 e. The Kier molecular flexibility index (Phi) is 3.98. The van der Waals surface area contributed by atoms with Gasteiger partial charge in [-0.05, 0) is 39.8 Å². The third kappa shape index (κ3) is 2.74. The van der Waals surface area contributed by atoms with Gasteiger partial charge in [-0.25, -0.2) is 8.78 Å². The second kappa shape index (κ2) is 4.82. The molecule has 0 bridgehead atoms. The Labute approximate surface area is 83.3 Å². The normalized spacial score (nSPS) is 22.6. The summed E-state index contributed by atoms with van der Waals surface area (Å²) in [6.07, 6.45) is -1.19. The Balaban J connectivity index is 2.39. The van der Waals surface area contributed by atoms with Crippen molar-refractivity contribution in [3.05, 3.63) is 0 Å². The molecule has 1 atom stereocenters. The smallest absolute Gasteiger partial charge is 0.241 e. The number of Topliss-reactive ketones (excluding diaryl/α,β-unsaturated/α-hetero) is 1. The van der Waals surface area contributed by atoms with E-state index in [2.05, 4.69) is 0 Å². The summed E-state index contributed by atoms with van der Waals surface area (Å²) in [6.45, 7) is 4.63. The highest BCUT2D eigenvalue weighted by Gasteiger charge is 2.29. The van der Waals surface area contributed by atoms with E-state index in [9.17, 15) is 13.6 Å². The molecule has 4 heteroatoms. The van der Waals surface area contributed by atoms with Crippen LogP contribution in [0.15, 0.2) is 0 Å². The van der Waals surface area contributed by atoms with Crippen LogP contribution in [0.4, 0.5) is 8.78 Å². The fourth-order valence-electron chi connectivity index (χ4n) is 1.82. The zero-order chi connectivity index (χ0) is 10.7. The summed E-state index contributed by atoms with van der Waals surface area (Å²) in [4.78, 5) is 13.1. The van der Waals surface area contributed by atoms with Crippen LogP contribution in [-0.2, 0) is 4.79 Å². The number of alkyl halides is 2. The quantitative estimate of drug-likeness (QED) is 0.701. The van der Waals surface area contributed by atoms with Crippen molar-refractivity contribution in [3.63, 3.8) is 0 Å². The second-order valence-electron chi connectivity index (χ2n) is 3.99. The molecule has 0 aliphatic carbocycles. The number of piperidine rings is 1. The monoisotopic (exact) mass is 205 g/mol. The molecule has 14 heavy (non-hydrogen) atoms. The number of hydrogen-bond donors (Lipinski definition) is 0. The minimum absolute atomic E-state index is 0.112. The van der Waals surface area contributed by atoms with Gasteiger partial charge in [-0.2, -0.15) is 0 Å². The summed E-state index contributed by atoms with van der Waals surface area (Å²) in [5, 5.41) is 0. The summed E-state index contributed by atoms with van der Waals surface area (Å²) in [6, 6.07) is -0.117. The maximum Gasteiger partial charge on any atom is 0.241 e. The Hall–Kier alpha value is -0.510. The van der Waals surface area contributed by atoms with Crippen LogP contribution in [0.2, 0.25) is 0 Å². The topological polar surface area (TPSA) is 20.3 Å². The summed E-state index contributed by atoms with van der Waals surface area (Å²) in [5.41, 5.74) is 0. The third-order valence-corrected chi connectivity index (χ3v) is 3.07. The number of carbonyl (C=O) groups is 1. The molecule has 2 nitrogen and oxygen atoms in total. The van der Waals surface area contributed by atoms with Gasteiger partial charge >= 0.3 is 0 Å². The Morgan fingerprint density at radius 1 is 1.36 bits per heavy atom. The van der Waals surface area contributed by atoms with Crippen LogP contribution < -0.4 is 0 Å². The summed E-state index contributed by atoms with van der Waals surface area (Å²) < 4.78 is 24.6. The fraction of sp³-hybridized carbons (Fsp3) is 0.900. The van der Waals surface area contributed by atoms with Crippen LogP contribution in [0, 0.1) is 5.92 Å². The lowest BCUT2D eigenvalue weighted by Gasteiger charge is -2.34. The zero-order valence-corrected chi connectivity index (χ0v) is 8.67. The maximum absolute atomic E-state index is 12.3. The third-order valence-electron chi connectivity index (χ3n) is 3.07. The predicted molar refractivity (Wildman–Crippen MR) is 50.4 cm³/mol. The molecule has 1 saturated heterocycles. The molecular formula is C10H17F2NO. The first-order valence-electron chi connectivity index (χ1n) is 5.05. The Bertz CT molecular complexity index is 200. The van der Waals surface area contributed by atoms with E-state index in [1.807, 2.05) is 11.8 Å². The lowest BCUT2D eigenvalue weighted by Crippen LogP contribution is -2.44. The van der Waals surface area contributed by atoms with Crippen LogP contribution in [0.5, 0.6) is 0 Å². The summed E-state index contributed by atoms with van der Waals surface area (Å²) in [5.74, 6) is -0.356. The number of ketones is 1. The van der Waals surface area contributed by atoms with Crippen LogP contribution >= 0.6 is 0 Å². The van der Waals surface area contributed by atoms with Gasteiger partial charge in [-0.15, -0.1) is 0 Å². The molecule has 0 spiro atoms. The number of nitrogens with zero attached hydrogens (tertiary/aromatic N) is 1. The molecule has 0 saturated carbocycles. The van der Waals surface area contributed by atoms with E-state index in [1.54, 1.807) is 6.92 Å². The van der Waals surface area contributed by atoms with Gasteiger partial charge in [-0.3, -0.25) is 9.69 Å². The van der Waals surface area contributed by atoms with Crippen molar-refractivity contribution in [1.29, 1.82) is 0 Å². The van der Waals surface area contributed by atoms with Gasteiger partial charge in [0.1, 0.15) is 5.78 Å². The molecule has 1 unspecified atom stereocenters. The van der Waals surface area contributed by atoms with Crippen molar-refractivity contribution < 1.29 is 13.6 Å². The first-order valence-corrected chi connectivity index (χ1v) is 5.05. The lowest BCUT2D eigenvalue weighted by molar-refractivity contribution is -0.122. The van der Waals surface area contributed by atoms with Crippen LogP contribution in [0.3, 0.4) is 0 Å². The van der Waals surface area contributed by atoms with Gasteiger partial charge in [0, 0.05) is 5.92 Å². The van der Waals surface area contributed by atoms with Gasteiger partial charge < -0.3 is 0 Å². The van der Waals surface area contributed by atoms with E-state index in [0.29, 0.717) is 25.9 Å². The molecule has 0 amide bonds. The van der Waals surface area contributed by atoms with Crippen molar-refractivity contribution >= 4 is 5.78 Å². The number of halogens is 2. The minimum atomic E-state index is -2.20. The Morgan fingerprint density at radius 3 is 2.21 bits per heavy atom. The standard InChI is InChI=1S/C10H17F2NO/c1-7(8(2)14)13-5-3-9(4-6-13)10(11)12/h7,9-10H,3-6H2,1-2H3. The predicted octanol–water partition coefficient (Wildman–Crippen LogP) is 1.94. The van der Waals surface area contributed by atoms with E-state index < -0.39 is 12.3 Å². The van der Waals surface area contributed by atoms with E-state index in [1.165, 1.54) is 0 Å². The van der Waals surface area contributed by atoms with Crippen molar-refractivity contribution in [1.82, 2.24) is 4.90 Å². The molecule has 0 aromatic carbocycles. The molecular weight excluding hydrogens is 188 g/mol. The Morgan fingerprint density at radius 2 is 1.86 bits per heavy atom. The van der Waals surface area contributed by atoms with Crippen molar-refractivity contribution in [2.45, 2.75) is 39.2 Å². The van der Waals surface area contributed by atoms with Gasteiger partial charge in [0.25, 0.3) is 0 Å². The summed E-state index contributed by atoms with van der Waals surface area (Å²) >= 11 is 0. The molecule has 1 aliphatic heterocycles. The van der Waals surface area contributed by atoms with E-state index >= 15 is 0 Å². The lowest BCUT2D eigenvalue weighted by atomic mass is 9.96. The van der Waals surface area contributed by atoms with Crippen molar-refractivity contribution in [3.8, 4) is 0 Å². The molecule has 82 valence electrons. The van der Waals surface area contributed by atoms with Gasteiger partial charge in [0.05, 0.1) is 6.04 Å². The minimum Gasteiger partial charge on any atom is -0.298 e. The van der Waals surface area contributed by atoms with Gasteiger partial charge in [0.15, 0.2) is 0 Å². The highest BCUT2D eigenvalue weighted by Crippen LogP contribution is 2.24. The molecule has 0 aromatic rings. The van der Waals surface area contributed by atoms with Crippen LogP contribution in [0.1, 0.15) is 26.7 Å². The van der Waals surface area contributed by atoms with E-state index in [0.717, 1.165) is 0 Å². The fourth-order valence-corrected chi connectivity index (χ4v) is 1.82. The van der Waals surface area contributed by atoms with Crippen LogP contribution in [0.25, 0.3) is 0 Å². The molecule has 1 rings (SSSR count). The van der Waals surface area contributed by atoms with Gasteiger partial charge in [-0.1, -0.05) is 0 Å². The molecule has 1 fully saturated rings. The number of hydrogen-bond acceptors (Lipinski definition) is 2. The average Bonchev–Trinajstić information content (AvgIpc) is 2.16. The highest BCUT2D eigenvalue weighted by molar-refractivity contribution is 5.80. The van der Waals surface area contributed by atoms with E-state index in [-0.39, 0.29) is 11.8 Å². The second-order valence-corrected chi connectivity index (χ2v) is 3.99. The van der Waals surface area contributed by atoms with Crippen LogP contribution in [-0.4, -0.2) is 36.2 Å². The number of likely N-dealkylation sites (tertiary alicyclic amines) is 1. The van der Waals surface area contributed by atoms with Crippen molar-refractivity contribution in [2.75, 3.05) is 13.1 Å². The molecule has 0 radical (unpaired) electrons. The van der Waals surface area contributed by atoms with Gasteiger partial charge in [0.2, 0.25) is 6.43 Å². The maximum atomic E-state index is 12.3.